The first kappa shape index (κ1) is 18.0. The molecule has 2 aromatic rings. The molecule has 25 heavy (non-hydrogen) atoms. The molecule has 5 heteroatoms. The summed E-state index contributed by atoms with van der Waals surface area (Å²) in [6.07, 6.45) is 1.79. The third-order valence-corrected chi connectivity index (χ3v) is 5.08. The summed E-state index contributed by atoms with van der Waals surface area (Å²) in [5.41, 5.74) is 2.09. The van der Waals surface area contributed by atoms with Gasteiger partial charge in [-0.25, -0.2) is 0 Å². The minimum absolute atomic E-state index is 0.0838. The van der Waals surface area contributed by atoms with Crippen molar-refractivity contribution >= 4 is 27.5 Å². The van der Waals surface area contributed by atoms with Crippen LogP contribution in [0.15, 0.2) is 53.0 Å². The molecule has 1 heterocycles. The number of likely N-dealkylation sites (tertiary alicyclic amines) is 1. The molecule has 0 bridgehead atoms. The van der Waals surface area contributed by atoms with Gasteiger partial charge in [0, 0.05) is 22.6 Å². The van der Waals surface area contributed by atoms with E-state index in [0.29, 0.717) is 0 Å². The van der Waals surface area contributed by atoms with Crippen LogP contribution < -0.4 is 10.1 Å². The maximum absolute atomic E-state index is 12.5. The van der Waals surface area contributed by atoms with E-state index in [2.05, 4.69) is 38.3 Å². The predicted octanol–water partition coefficient (Wildman–Crippen LogP) is 4.31. The molecule has 1 fully saturated rings. The lowest BCUT2D eigenvalue weighted by atomic mass is 9.95. The maximum atomic E-state index is 12.5. The number of hydrogen-bond acceptors (Lipinski definition) is 3. The summed E-state index contributed by atoms with van der Waals surface area (Å²) in [7, 11) is 1.69. The van der Waals surface area contributed by atoms with Crippen LogP contribution in [0.5, 0.6) is 5.75 Å². The number of halogens is 1. The van der Waals surface area contributed by atoms with Gasteiger partial charge in [-0.3, -0.25) is 9.69 Å². The van der Waals surface area contributed by atoms with Crippen molar-refractivity contribution in [3.8, 4) is 5.75 Å². The third-order valence-electron chi connectivity index (χ3n) is 4.59. The number of methoxy groups -OCH3 is 1. The van der Waals surface area contributed by atoms with E-state index in [4.69, 9.17) is 4.74 Å². The first-order valence-electron chi connectivity index (χ1n) is 8.56. The van der Waals surface area contributed by atoms with Crippen molar-refractivity contribution in [2.45, 2.75) is 19.4 Å². The normalized spacial score (nSPS) is 15.8. The van der Waals surface area contributed by atoms with Gasteiger partial charge in [-0.1, -0.05) is 34.1 Å². The summed E-state index contributed by atoms with van der Waals surface area (Å²) < 4.78 is 6.25. The molecule has 132 valence electrons. The number of hydrogen-bond donors (Lipinski definition) is 1. The molecule has 0 spiro atoms. The Morgan fingerprint density at radius 3 is 2.68 bits per heavy atom. The number of nitrogens with zero attached hydrogens (tertiary/aromatic N) is 1. The fraction of sp³-hybridized carbons (Fsp3) is 0.350. The molecule has 0 saturated carbocycles. The molecule has 0 unspecified atom stereocenters. The lowest BCUT2D eigenvalue weighted by Crippen LogP contribution is -2.37. The van der Waals surface area contributed by atoms with Crippen LogP contribution in [-0.4, -0.2) is 31.0 Å². The second-order valence-electron chi connectivity index (χ2n) is 6.40. The van der Waals surface area contributed by atoms with Crippen LogP contribution in [0.2, 0.25) is 0 Å². The van der Waals surface area contributed by atoms with Crippen molar-refractivity contribution in [3.05, 3.63) is 58.6 Å². The Bertz CT molecular complexity index is 727. The molecule has 2 aromatic carbocycles. The van der Waals surface area contributed by atoms with Crippen molar-refractivity contribution in [2.75, 3.05) is 25.5 Å². The largest absolute Gasteiger partial charge is 0.497 e. The molecule has 1 aliphatic heterocycles. The van der Waals surface area contributed by atoms with E-state index in [1.807, 2.05) is 36.4 Å². The first-order valence-corrected chi connectivity index (χ1v) is 9.35. The molecule has 1 amide bonds. The van der Waals surface area contributed by atoms with Gasteiger partial charge < -0.3 is 10.1 Å². The van der Waals surface area contributed by atoms with Crippen molar-refractivity contribution in [2.24, 2.45) is 5.92 Å². The van der Waals surface area contributed by atoms with Gasteiger partial charge in [0.25, 0.3) is 0 Å². The number of piperidine rings is 1. The summed E-state index contributed by atoms with van der Waals surface area (Å²) in [5.74, 6) is 1.10. The van der Waals surface area contributed by atoms with E-state index in [1.165, 1.54) is 5.56 Å². The summed E-state index contributed by atoms with van der Waals surface area (Å²) in [6, 6.07) is 15.9. The lowest BCUT2D eigenvalue weighted by Gasteiger charge is -2.31. The minimum Gasteiger partial charge on any atom is -0.497 e. The van der Waals surface area contributed by atoms with Crippen LogP contribution in [0.4, 0.5) is 5.69 Å². The number of amides is 1. The molecule has 0 aromatic heterocycles. The Balaban J connectivity index is 1.50. The maximum Gasteiger partial charge on any atom is 0.227 e. The molecular formula is C20H23BrN2O2. The molecule has 3 rings (SSSR count). The van der Waals surface area contributed by atoms with E-state index in [-0.39, 0.29) is 11.8 Å². The number of carbonyl (C=O) groups excluding carboxylic acids is 1. The van der Waals surface area contributed by atoms with Crippen LogP contribution >= 0.6 is 15.9 Å². The monoisotopic (exact) mass is 402 g/mol. The fourth-order valence-corrected chi connectivity index (χ4v) is 3.59. The van der Waals surface area contributed by atoms with E-state index in [9.17, 15) is 4.79 Å². The van der Waals surface area contributed by atoms with Gasteiger partial charge in [0.1, 0.15) is 5.75 Å². The van der Waals surface area contributed by atoms with Gasteiger partial charge in [0.15, 0.2) is 0 Å². The number of ether oxygens (including phenoxy) is 1. The summed E-state index contributed by atoms with van der Waals surface area (Å²) in [5, 5.41) is 3.03. The van der Waals surface area contributed by atoms with Gasteiger partial charge in [0.2, 0.25) is 5.91 Å². The van der Waals surface area contributed by atoms with Crippen LogP contribution in [0.25, 0.3) is 0 Å². The number of nitrogens with one attached hydrogen (secondary N) is 1. The Labute approximate surface area is 157 Å². The average molecular weight is 403 g/mol. The highest BCUT2D eigenvalue weighted by Gasteiger charge is 2.25. The van der Waals surface area contributed by atoms with E-state index in [0.717, 1.165) is 48.4 Å². The van der Waals surface area contributed by atoms with Crippen molar-refractivity contribution in [1.29, 1.82) is 0 Å². The highest BCUT2D eigenvalue weighted by atomic mass is 79.9. The standard InChI is InChI=1S/C20H23BrN2O2/c1-25-19-7-2-4-15(12-19)14-23-10-8-16(9-11-23)20(24)22-18-6-3-5-17(21)13-18/h2-7,12-13,16H,8-11,14H2,1H3,(H,22,24). The van der Waals surface area contributed by atoms with Crippen molar-refractivity contribution in [1.82, 2.24) is 4.90 Å². The number of benzene rings is 2. The Kier molecular flexibility index (Phi) is 6.10. The first-order chi connectivity index (χ1) is 12.1. The molecule has 4 nitrogen and oxygen atoms in total. The highest BCUT2D eigenvalue weighted by Crippen LogP contribution is 2.23. The van der Waals surface area contributed by atoms with Crippen LogP contribution in [0, 0.1) is 5.92 Å². The Hall–Kier alpha value is -1.85. The van der Waals surface area contributed by atoms with E-state index >= 15 is 0 Å². The quantitative estimate of drug-likeness (QED) is 0.809. The minimum atomic E-state index is 0.0838. The molecule has 0 aliphatic carbocycles. The summed E-state index contributed by atoms with van der Waals surface area (Å²) in [4.78, 5) is 14.9. The van der Waals surface area contributed by atoms with Crippen LogP contribution in [-0.2, 0) is 11.3 Å². The Morgan fingerprint density at radius 1 is 1.20 bits per heavy atom. The summed E-state index contributed by atoms with van der Waals surface area (Å²) >= 11 is 3.43. The predicted molar refractivity (Wildman–Crippen MR) is 104 cm³/mol. The van der Waals surface area contributed by atoms with E-state index < -0.39 is 0 Å². The van der Waals surface area contributed by atoms with Gasteiger partial charge in [-0.15, -0.1) is 0 Å². The SMILES string of the molecule is COc1cccc(CN2CCC(C(=O)Nc3cccc(Br)c3)CC2)c1. The molecule has 1 N–H and O–H groups in total. The molecule has 1 aliphatic rings. The fourth-order valence-electron chi connectivity index (χ4n) is 3.19. The van der Waals surface area contributed by atoms with Gasteiger partial charge in [0.05, 0.1) is 7.11 Å². The van der Waals surface area contributed by atoms with E-state index in [1.54, 1.807) is 7.11 Å². The topological polar surface area (TPSA) is 41.6 Å². The van der Waals surface area contributed by atoms with Gasteiger partial charge in [-0.2, -0.15) is 0 Å². The third kappa shape index (κ3) is 5.06. The molecule has 0 atom stereocenters. The van der Waals surface area contributed by atoms with Crippen LogP contribution in [0.3, 0.4) is 0 Å². The molecule has 0 radical (unpaired) electrons. The molecular weight excluding hydrogens is 380 g/mol. The zero-order valence-electron chi connectivity index (χ0n) is 14.4. The van der Waals surface area contributed by atoms with Crippen molar-refractivity contribution in [3.63, 3.8) is 0 Å². The van der Waals surface area contributed by atoms with Gasteiger partial charge in [-0.05, 0) is 61.8 Å². The summed E-state index contributed by atoms with van der Waals surface area (Å²) in [6.45, 7) is 2.78. The number of anilines is 1. The van der Waals surface area contributed by atoms with Gasteiger partial charge >= 0.3 is 0 Å². The average Bonchev–Trinajstić information content (AvgIpc) is 2.62. The second-order valence-corrected chi connectivity index (χ2v) is 7.32. The lowest BCUT2D eigenvalue weighted by molar-refractivity contribution is -0.121. The van der Waals surface area contributed by atoms with Crippen molar-refractivity contribution < 1.29 is 9.53 Å². The smallest absolute Gasteiger partial charge is 0.227 e. The van der Waals surface area contributed by atoms with Crippen LogP contribution in [0.1, 0.15) is 18.4 Å². The molecule has 1 saturated heterocycles. The zero-order chi connectivity index (χ0) is 17.6. The number of rotatable bonds is 5. The second kappa shape index (κ2) is 8.50. The number of carbonyl (C=O) groups is 1. The zero-order valence-corrected chi connectivity index (χ0v) is 16.0. The highest BCUT2D eigenvalue weighted by molar-refractivity contribution is 9.10. The Morgan fingerprint density at radius 2 is 1.96 bits per heavy atom.